The van der Waals surface area contributed by atoms with E-state index < -0.39 is 46.8 Å². The zero-order valence-electron chi connectivity index (χ0n) is 27.7. The first kappa shape index (κ1) is 32.0. The van der Waals surface area contributed by atoms with E-state index in [1.807, 2.05) is 98.8 Å². The Labute approximate surface area is 295 Å². The smallest absolute Gasteiger partial charge is 0.260 e. The van der Waals surface area contributed by atoms with E-state index in [2.05, 4.69) is 5.43 Å². The summed E-state index contributed by atoms with van der Waals surface area (Å²) in [6.07, 6.45) is 3.33. The maximum absolute atomic E-state index is 15.2. The summed E-state index contributed by atoms with van der Waals surface area (Å²) in [5, 5.41) is 11.8. The molecule has 0 spiro atoms. The minimum Gasteiger partial charge on any atom is -0.508 e. The number of benzene rings is 4. The van der Waals surface area contributed by atoms with E-state index in [0.29, 0.717) is 28.9 Å². The SMILES string of the molecule is CCc1ccc(N2C(=O)[C@H]3[C@H](CC=C4[C@H]3C[C@H]3C(=O)N(Nc5ccc(C)cc5)C(=O)[C@@]3(c3ccccc3)[C@H]4c3ccc(O)cc3Cl)C2=O)cc1. The van der Waals surface area contributed by atoms with Crippen LogP contribution in [0.1, 0.15) is 47.9 Å². The molecular weight excluding hydrogens is 650 g/mol. The lowest BCUT2D eigenvalue weighted by Gasteiger charge is -2.50. The number of aromatic hydroxyl groups is 1. The summed E-state index contributed by atoms with van der Waals surface area (Å²) in [6, 6.07) is 28.9. The molecule has 2 N–H and O–H groups in total. The monoisotopic (exact) mass is 685 g/mol. The maximum Gasteiger partial charge on any atom is 0.260 e. The van der Waals surface area contributed by atoms with E-state index in [1.54, 1.807) is 6.07 Å². The van der Waals surface area contributed by atoms with Gasteiger partial charge in [-0.25, -0.2) is 0 Å². The lowest BCUT2D eigenvalue weighted by atomic mass is 9.49. The van der Waals surface area contributed by atoms with Crippen molar-refractivity contribution in [2.45, 2.75) is 44.4 Å². The van der Waals surface area contributed by atoms with E-state index in [0.717, 1.165) is 28.1 Å². The summed E-state index contributed by atoms with van der Waals surface area (Å²) < 4.78 is 0. The number of nitrogens with zero attached hydrogens (tertiary/aromatic N) is 2. The van der Waals surface area contributed by atoms with Crippen LogP contribution in [0.15, 0.2) is 109 Å². The van der Waals surface area contributed by atoms with E-state index in [4.69, 9.17) is 11.6 Å². The van der Waals surface area contributed by atoms with Gasteiger partial charge in [0.05, 0.1) is 34.5 Å². The predicted molar refractivity (Wildman–Crippen MR) is 190 cm³/mol. The van der Waals surface area contributed by atoms with Crippen molar-refractivity contribution in [3.63, 3.8) is 0 Å². The third-order valence-electron chi connectivity index (χ3n) is 11.3. The number of anilines is 2. The molecule has 2 saturated heterocycles. The number of fused-ring (bicyclic) bond motifs is 4. The van der Waals surface area contributed by atoms with Crippen molar-refractivity contribution in [2.24, 2.45) is 23.7 Å². The number of hydrazine groups is 1. The highest BCUT2D eigenvalue weighted by Gasteiger charge is 2.70. The van der Waals surface area contributed by atoms with E-state index in [1.165, 1.54) is 17.0 Å². The maximum atomic E-state index is 15.2. The number of nitrogens with one attached hydrogen (secondary N) is 1. The molecule has 0 radical (unpaired) electrons. The van der Waals surface area contributed by atoms with Crippen molar-refractivity contribution < 1.29 is 24.3 Å². The van der Waals surface area contributed by atoms with Crippen LogP contribution >= 0.6 is 11.6 Å². The van der Waals surface area contributed by atoms with Gasteiger partial charge in [-0.15, -0.1) is 0 Å². The molecule has 8 rings (SSSR count). The lowest BCUT2D eigenvalue weighted by molar-refractivity contribution is -0.138. The zero-order chi connectivity index (χ0) is 34.9. The molecule has 50 heavy (non-hydrogen) atoms. The molecule has 8 nitrogen and oxygen atoms in total. The Hall–Kier alpha value is -5.21. The first-order valence-corrected chi connectivity index (χ1v) is 17.4. The van der Waals surface area contributed by atoms with Crippen LogP contribution in [0.4, 0.5) is 11.4 Å². The average Bonchev–Trinajstić information content (AvgIpc) is 3.50. The van der Waals surface area contributed by atoms with Crippen molar-refractivity contribution in [1.82, 2.24) is 5.01 Å². The van der Waals surface area contributed by atoms with Gasteiger partial charge in [0.15, 0.2) is 0 Å². The van der Waals surface area contributed by atoms with Crippen molar-refractivity contribution in [3.8, 4) is 5.75 Å². The number of halogens is 1. The summed E-state index contributed by atoms with van der Waals surface area (Å²) >= 11 is 6.95. The summed E-state index contributed by atoms with van der Waals surface area (Å²) in [4.78, 5) is 59.8. The van der Waals surface area contributed by atoms with Crippen LogP contribution < -0.4 is 10.3 Å². The van der Waals surface area contributed by atoms with Crippen molar-refractivity contribution in [3.05, 3.63) is 136 Å². The number of phenols is 1. The number of carbonyl (C=O) groups is 4. The fourth-order valence-corrected chi connectivity index (χ4v) is 9.26. The Bertz CT molecular complexity index is 2080. The summed E-state index contributed by atoms with van der Waals surface area (Å²) in [6.45, 7) is 4.00. The molecular formula is C41H36ClN3O5. The van der Waals surface area contributed by atoms with Crippen LogP contribution in [-0.4, -0.2) is 33.7 Å². The molecule has 0 aromatic heterocycles. The predicted octanol–water partition coefficient (Wildman–Crippen LogP) is 7.11. The molecule has 4 aliphatic rings. The highest BCUT2D eigenvalue weighted by molar-refractivity contribution is 6.31. The first-order valence-electron chi connectivity index (χ1n) is 17.1. The number of aryl methyl sites for hydroxylation is 2. The van der Waals surface area contributed by atoms with Gasteiger partial charge < -0.3 is 5.11 Å². The second-order valence-electron chi connectivity index (χ2n) is 13.8. The van der Waals surface area contributed by atoms with Crippen molar-refractivity contribution in [1.29, 1.82) is 0 Å². The number of carbonyl (C=O) groups excluding carboxylic acids is 4. The number of hydrogen-bond donors (Lipinski definition) is 2. The highest BCUT2D eigenvalue weighted by Crippen LogP contribution is 2.64. The molecule has 252 valence electrons. The molecule has 4 amide bonds. The van der Waals surface area contributed by atoms with Crippen molar-refractivity contribution in [2.75, 3.05) is 10.3 Å². The Morgan fingerprint density at radius 1 is 0.860 bits per heavy atom. The van der Waals surface area contributed by atoms with Gasteiger partial charge in [0.2, 0.25) is 11.8 Å². The lowest BCUT2D eigenvalue weighted by Crippen LogP contribution is -2.53. The summed E-state index contributed by atoms with van der Waals surface area (Å²) in [7, 11) is 0. The fourth-order valence-electron chi connectivity index (χ4n) is 8.98. The number of allylic oxidation sites excluding steroid dienone is 2. The molecule has 2 aliphatic heterocycles. The molecule has 3 fully saturated rings. The van der Waals surface area contributed by atoms with Crippen LogP contribution in [0.2, 0.25) is 5.02 Å². The number of phenolic OH excluding ortho intramolecular Hbond substituents is 1. The molecule has 9 heteroatoms. The number of imide groups is 2. The van der Waals surface area contributed by atoms with Crippen LogP contribution in [0.5, 0.6) is 5.75 Å². The van der Waals surface area contributed by atoms with Gasteiger partial charge in [-0.3, -0.25) is 29.5 Å². The Balaban J connectivity index is 1.31. The second-order valence-corrected chi connectivity index (χ2v) is 14.2. The highest BCUT2D eigenvalue weighted by atomic mass is 35.5. The van der Waals surface area contributed by atoms with Gasteiger partial charge in [0, 0.05) is 10.9 Å². The first-order chi connectivity index (χ1) is 24.1. The van der Waals surface area contributed by atoms with Gasteiger partial charge in [-0.1, -0.05) is 96.4 Å². The quantitative estimate of drug-likeness (QED) is 0.166. The van der Waals surface area contributed by atoms with Crippen molar-refractivity contribution >= 4 is 46.6 Å². The number of hydrogen-bond acceptors (Lipinski definition) is 6. The minimum absolute atomic E-state index is 0.0353. The molecule has 4 aromatic rings. The van der Waals surface area contributed by atoms with Crippen LogP contribution in [-0.2, 0) is 31.0 Å². The van der Waals surface area contributed by atoms with Crippen LogP contribution in [0, 0.1) is 30.6 Å². The standard InChI is InChI=1S/C41H36ClN3O5/c1-3-24-11-15-27(16-12-24)44-37(47)31-20-19-29-32(35(31)39(44)49)22-33-38(48)45(43-26-13-9-23(2)10-14-26)40(50)41(33,25-7-5-4-6-8-25)36(29)30-18-17-28(46)21-34(30)42/h4-19,21,31-33,35-36,43,46H,3,20,22H2,1-2H3/t31-,32+,33-,35-,36+,41+/m0/s1. The topological polar surface area (TPSA) is 107 Å². The van der Waals surface area contributed by atoms with E-state index >= 15 is 4.79 Å². The van der Waals surface area contributed by atoms with Gasteiger partial charge in [0.25, 0.3) is 11.8 Å². The molecule has 4 aromatic carbocycles. The number of amides is 4. The van der Waals surface area contributed by atoms with Gasteiger partial charge in [-0.05, 0) is 85.2 Å². The zero-order valence-corrected chi connectivity index (χ0v) is 28.4. The number of rotatable bonds is 6. The molecule has 6 atom stereocenters. The Kier molecular flexibility index (Phi) is 7.68. The van der Waals surface area contributed by atoms with E-state index in [9.17, 15) is 19.5 Å². The molecule has 2 aliphatic carbocycles. The summed E-state index contributed by atoms with van der Waals surface area (Å²) in [5.74, 6) is -4.94. The Morgan fingerprint density at radius 2 is 1.58 bits per heavy atom. The van der Waals surface area contributed by atoms with Gasteiger partial charge >= 0.3 is 0 Å². The Morgan fingerprint density at radius 3 is 2.26 bits per heavy atom. The molecule has 0 bridgehead atoms. The van der Waals surface area contributed by atoms with Crippen LogP contribution in [0.3, 0.4) is 0 Å². The van der Waals surface area contributed by atoms with Crippen LogP contribution in [0.25, 0.3) is 0 Å². The van der Waals surface area contributed by atoms with Gasteiger partial charge in [-0.2, -0.15) is 5.01 Å². The normalized spacial score (nSPS) is 27.2. The minimum atomic E-state index is -1.44. The molecule has 0 unspecified atom stereocenters. The fraction of sp³-hybridized carbons (Fsp3) is 0.268. The largest absolute Gasteiger partial charge is 0.508 e. The van der Waals surface area contributed by atoms with Gasteiger partial charge in [0.1, 0.15) is 5.75 Å². The third kappa shape index (κ3) is 4.65. The molecule has 1 saturated carbocycles. The average molecular weight is 686 g/mol. The summed E-state index contributed by atoms with van der Waals surface area (Å²) in [5.41, 5.74) is 6.93. The third-order valence-corrected chi connectivity index (χ3v) is 11.6. The molecule has 2 heterocycles. The second kappa shape index (κ2) is 12.0. The van der Waals surface area contributed by atoms with E-state index in [-0.39, 0.29) is 29.0 Å².